The number of carbonyl (C=O) groups excluding carboxylic acids is 4. The SMILES string of the molecule is CC/C=C\C/C=C\C/C=C\C/C=C\CCCCCCCCC(=O)OCC(COP(=O)(O)OCC(O)COP(=O)(O)OCC(COC(=O)CCCCCC/C=C\C/C=C\C/C=C\C/C=C\CC)OC(=O)CCCCCCC/C=C\C/C=C\C/C=C\CC)OC(=O)CCCCCCC/C=C\C/C=C\CCC. The first-order valence-electron chi connectivity index (χ1n) is 39.7. The van der Waals surface area contributed by atoms with Gasteiger partial charge in [0.1, 0.15) is 19.3 Å². The van der Waals surface area contributed by atoms with Crippen LogP contribution < -0.4 is 0 Å². The number of hydrogen-bond donors (Lipinski definition) is 3. The van der Waals surface area contributed by atoms with E-state index in [1.807, 2.05) is 0 Å². The molecule has 0 aromatic heterocycles. The van der Waals surface area contributed by atoms with E-state index in [1.54, 1.807) is 0 Å². The second-order valence-corrected chi connectivity index (χ2v) is 28.8. The molecule has 0 rings (SSSR count). The van der Waals surface area contributed by atoms with Crippen LogP contribution in [0, 0.1) is 0 Å². The predicted molar refractivity (Wildman–Crippen MR) is 427 cm³/mol. The lowest BCUT2D eigenvalue weighted by atomic mass is 10.1. The third-order valence-electron chi connectivity index (χ3n) is 15.9. The molecule has 0 aromatic carbocycles. The number of phosphoric acid groups is 2. The minimum absolute atomic E-state index is 0.0645. The summed E-state index contributed by atoms with van der Waals surface area (Å²) < 4.78 is 68.6. The number of phosphoric ester groups is 2. The lowest BCUT2D eigenvalue weighted by Gasteiger charge is -2.21. The van der Waals surface area contributed by atoms with Crippen LogP contribution in [0.15, 0.2) is 158 Å². The second kappa shape index (κ2) is 75.9. The summed E-state index contributed by atoms with van der Waals surface area (Å²) in [6.07, 6.45) is 87.9. The van der Waals surface area contributed by atoms with Gasteiger partial charge in [-0.15, -0.1) is 0 Å². The maximum atomic E-state index is 13.1. The zero-order valence-corrected chi connectivity index (χ0v) is 66.4. The molecule has 5 atom stereocenters. The molecule has 104 heavy (non-hydrogen) atoms. The number of esters is 4. The van der Waals surface area contributed by atoms with Gasteiger partial charge in [0.05, 0.1) is 26.4 Å². The molecule has 0 aliphatic rings. The normalized spacial score (nSPS) is 14.7. The molecule has 0 spiro atoms. The molecule has 0 saturated carbocycles. The van der Waals surface area contributed by atoms with E-state index in [0.29, 0.717) is 25.7 Å². The van der Waals surface area contributed by atoms with Gasteiger partial charge in [-0.1, -0.05) is 269 Å². The summed E-state index contributed by atoms with van der Waals surface area (Å²) in [6.45, 7) is 4.39. The van der Waals surface area contributed by atoms with Crippen molar-refractivity contribution in [3.05, 3.63) is 158 Å². The van der Waals surface area contributed by atoms with Gasteiger partial charge in [-0.05, 0) is 161 Å². The Balaban J connectivity index is 5.41. The number of carbonyl (C=O) groups is 4. The van der Waals surface area contributed by atoms with Gasteiger partial charge in [0, 0.05) is 25.7 Å². The number of unbranched alkanes of at least 4 members (excludes halogenated alkanes) is 21. The quantitative estimate of drug-likeness (QED) is 0.0169. The summed E-state index contributed by atoms with van der Waals surface area (Å²) in [7, 11) is -9.99. The van der Waals surface area contributed by atoms with Crippen molar-refractivity contribution in [2.45, 2.75) is 316 Å². The smallest absolute Gasteiger partial charge is 0.462 e. The molecule has 0 radical (unpaired) electrons. The van der Waals surface area contributed by atoms with Crippen LogP contribution in [0.5, 0.6) is 0 Å². The van der Waals surface area contributed by atoms with Gasteiger partial charge in [0.15, 0.2) is 12.2 Å². The largest absolute Gasteiger partial charge is 0.472 e. The second-order valence-electron chi connectivity index (χ2n) is 25.9. The molecule has 17 nitrogen and oxygen atoms in total. The Morgan fingerprint density at radius 1 is 0.279 bits per heavy atom. The Hall–Kier alpha value is -5.32. The molecule has 19 heteroatoms. The first-order valence-corrected chi connectivity index (χ1v) is 42.7. The molecule has 3 N–H and O–H groups in total. The number of ether oxygens (including phenoxy) is 4. The zero-order chi connectivity index (χ0) is 76.0. The number of rotatable bonds is 73. The maximum absolute atomic E-state index is 13.1. The van der Waals surface area contributed by atoms with Crippen molar-refractivity contribution in [2.24, 2.45) is 0 Å². The van der Waals surface area contributed by atoms with E-state index >= 15 is 0 Å². The Labute approximate surface area is 629 Å². The van der Waals surface area contributed by atoms with Crippen LogP contribution >= 0.6 is 15.6 Å². The molecule has 0 amide bonds. The Morgan fingerprint density at radius 3 is 0.769 bits per heavy atom. The van der Waals surface area contributed by atoms with Crippen LogP contribution in [0.25, 0.3) is 0 Å². The average molecular weight is 1500 g/mol. The van der Waals surface area contributed by atoms with Gasteiger partial charge in [0.2, 0.25) is 0 Å². The highest BCUT2D eigenvalue weighted by Gasteiger charge is 2.30. The molecule has 0 bridgehead atoms. The van der Waals surface area contributed by atoms with Crippen molar-refractivity contribution in [1.29, 1.82) is 0 Å². The van der Waals surface area contributed by atoms with Crippen LogP contribution in [-0.4, -0.2) is 96.7 Å². The minimum Gasteiger partial charge on any atom is -0.462 e. The summed E-state index contributed by atoms with van der Waals surface area (Å²) >= 11 is 0. The first kappa shape index (κ1) is 98.7. The van der Waals surface area contributed by atoms with E-state index in [9.17, 15) is 43.2 Å². The topological polar surface area (TPSA) is 237 Å². The highest BCUT2D eigenvalue weighted by atomic mass is 31.2. The van der Waals surface area contributed by atoms with E-state index in [-0.39, 0.29) is 25.7 Å². The zero-order valence-electron chi connectivity index (χ0n) is 64.6. The molecular weight excluding hydrogens is 1350 g/mol. The van der Waals surface area contributed by atoms with Crippen LogP contribution in [0.4, 0.5) is 0 Å². The molecule has 0 fully saturated rings. The van der Waals surface area contributed by atoms with Crippen LogP contribution in [0.1, 0.15) is 297 Å². The van der Waals surface area contributed by atoms with Crippen LogP contribution in [0.3, 0.4) is 0 Å². The standard InChI is InChI=1S/C85H140O17P2/c1-5-9-13-17-21-25-29-33-36-38-39-41-44-47-50-54-58-62-66-70-83(88)95-75-80(101-84(89)71-67-63-59-55-51-45-32-28-24-20-16-12-8-4)77-99-103(91,92)97-73-79(86)74-98-104(93,94)100-78-81(102-85(90)72-68-64-60-56-52-48-42-35-31-27-23-19-15-11-7-3)76-96-82(87)69-65-61-57-53-49-46-43-40-37-34-30-26-22-18-14-10-6-2/h9-11,13-16,20-23,25-28,32-37,39,41-43,46,79-81,86H,5-8,12,17-19,24,29-31,38,40,44-45,47-78H2,1-4H3,(H,91,92)(H,93,94)/b13-9-,14-10-,15-11-,20-16-,25-21-,26-22-,27-23-,32-28-,36-33-,37-34-,41-39-,42-35-,46-43-. The molecule has 0 aromatic rings. The van der Waals surface area contributed by atoms with Gasteiger partial charge >= 0.3 is 39.5 Å². The third kappa shape index (κ3) is 74.9. The predicted octanol–water partition coefficient (Wildman–Crippen LogP) is 23.2. The van der Waals surface area contributed by atoms with Gasteiger partial charge in [-0.3, -0.25) is 37.3 Å². The van der Waals surface area contributed by atoms with Gasteiger partial charge in [-0.25, -0.2) is 9.13 Å². The third-order valence-corrected chi connectivity index (χ3v) is 17.9. The summed E-state index contributed by atoms with van der Waals surface area (Å²) in [4.78, 5) is 73.0. The summed E-state index contributed by atoms with van der Waals surface area (Å²) in [5.41, 5.74) is 0. The van der Waals surface area contributed by atoms with Crippen molar-refractivity contribution < 1.29 is 80.2 Å². The first-order chi connectivity index (χ1) is 50.7. The Kier molecular flexibility index (Phi) is 72.0. The van der Waals surface area contributed by atoms with Crippen molar-refractivity contribution in [1.82, 2.24) is 0 Å². The van der Waals surface area contributed by atoms with E-state index in [4.69, 9.17) is 37.0 Å². The van der Waals surface area contributed by atoms with Crippen LogP contribution in [-0.2, 0) is 65.4 Å². The number of allylic oxidation sites excluding steroid dienone is 26. The molecule has 592 valence electrons. The number of aliphatic hydroxyl groups is 1. The van der Waals surface area contributed by atoms with E-state index in [2.05, 4.69) is 186 Å². The van der Waals surface area contributed by atoms with E-state index < -0.39 is 97.5 Å². The molecule has 0 heterocycles. The van der Waals surface area contributed by atoms with E-state index in [1.165, 1.54) is 0 Å². The highest BCUT2D eigenvalue weighted by Crippen LogP contribution is 2.45. The van der Waals surface area contributed by atoms with Crippen molar-refractivity contribution in [3.8, 4) is 0 Å². The monoisotopic (exact) mass is 1490 g/mol. The minimum atomic E-state index is -4.99. The van der Waals surface area contributed by atoms with Gasteiger partial charge in [-0.2, -0.15) is 0 Å². The summed E-state index contributed by atoms with van der Waals surface area (Å²) in [6, 6.07) is 0. The number of hydrogen-bond acceptors (Lipinski definition) is 15. The van der Waals surface area contributed by atoms with Crippen molar-refractivity contribution >= 4 is 39.5 Å². The molecule has 0 saturated heterocycles. The van der Waals surface area contributed by atoms with Crippen LogP contribution in [0.2, 0.25) is 0 Å². The maximum Gasteiger partial charge on any atom is 0.472 e. The molecule has 0 aliphatic heterocycles. The lowest BCUT2D eigenvalue weighted by molar-refractivity contribution is -0.161. The Morgan fingerprint density at radius 2 is 0.500 bits per heavy atom. The molecule has 5 unspecified atom stereocenters. The fourth-order valence-corrected chi connectivity index (χ4v) is 11.6. The fourth-order valence-electron chi connectivity index (χ4n) is 10.0. The Bertz CT molecular complexity index is 2590. The lowest BCUT2D eigenvalue weighted by Crippen LogP contribution is -2.30. The van der Waals surface area contributed by atoms with Gasteiger partial charge in [0.25, 0.3) is 0 Å². The molecule has 0 aliphatic carbocycles. The summed E-state index contributed by atoms with van der Waals surface area (Å²) in [5.74, 6) is -2.26. The van der Waals surface area contributed by atoms with Crippen molar-refractivity contribution in [2.75, 3.05) is 39.6 Å². The average Bonchev–Trinajstić information content (AvgIpc) is 0.939. The van der Waals surface area contributed by atoms with E-state index in [0.717, 1.165) is 218 Å². The summed E-state index contributed by atoms with van der Waals surface area (Å²) in [5, 5.41) is 10.6. The van der Waals surface area contributed by atoms with Gasteiger partial charge < -0.3 is 33.8 Å². The van der Waals surface area contributed by atoms with Crippen molar-refractivity contribution in [3.63, 3.8) is 0 Å². The fraction of sp³-hybridized carbons (Fsp3) is 0.647. The highest BCUT2D eigenvalue weighted by molar-refractivity contribution is 7.47. The molecular formula is C85H140O17P2. The number of aliphatic hydroxyl groups excluding tert-OH is 1.